The predicted molar refractivity (Wildman–Crippen MR) is 160 cm³/mol. The second-order valence-electron chi connectivity index (χ2n) is 10.2. The highest BCUT2D eigenvalue weighted by molar-refractivity contribution is 6.39. The van der Waals surface area contributed by atoms with Gasteiger partial charge in [0, 0.05) is 25.7 Å². The fourth-order valence-corrected chi connectivity index (χ4v) is 5.53. The van der Waals surface area contributed by atoms with Crippen LogP contribution in [-0.4, -0.2) is 59.2 Å². The first-order valence-electron chi connectivity index (χ1n) is 13.2. The minimum absolute atomic E-state index is 0.0604. The summed E-state index contributed by atoms with van der Waals surface area (Å²) in [4.78, 5) is 54.4. The highest BCUT2D eigenvalue weighted by Gasteiger charge is 2.26. The van der Waals surface area contributed by atoms with E-state index in [2.05, 4.69) is 10.2 Å². The summed E-state index contributed by atoms with van der Waals surface area (Å²) in [6.07, 6.45) is 4.52. The van der Waals surface area contributed by atoms with Gasteiger partial charge in [-0.1, -0.05) is 53.6 Å². The van der Waals surface area contributed by atoms with Crippen molar-refractivity contribution in [1.29, 1.82) is 0 Å². The Bertz CT molecular complexity index is 1590. The van der Waals surface area contributed by atoms with Gasteiger partial charge in [-0.2, -0.15) is 0 Å². The molecule has 9 nitrogen and oxygen atoms in total. The Hall–Kier alpha value is -3.66. The number of rotatable bonds is 9. The first-order valence-corrected chi connectivity index (χ1v) is 14.0. The number of halogens is 2. The molecule has 11 heteroatoms. The van der Waals surface area contributed by atoms with Crippen molar-refractivity contribution in [3.05, 3.63) is 102 Å². The largest absolute Gasteiger partial charge is 0.464 e. The summed E-state index contributed by atoms with van der Waals surface area (Å²) in [5.74, 6) is -1.02. The minimum atomic E-state index is -1.03. The first kappa shape index (κ1) is 30.3. The van der Waals surface area contributed by atoms with Crippen molar-refractivity contribution in [3.8, 4) is 5.69 Å². The summed E-state index contributed by atoms with van der Waals surface area (Å²) < 4.78 is 7.85. The number of ether oxygens (including phenoxy) is 1. The second-order valence-corrected chi connectivity index (χ2v) is 11.0. The molecule has 1 aliphatic rings. The standard InChI is InChI=1S/C30H32Cl2N4O5/c1-5-41-29(39)24(33-27(37)26-22(31)7-6-8-23(26)32)15-18-9-12-20(13-10-18)36-28(38)21-14-11-19(17-34(2)3)16-25(21)35(4)30(36)40/h6-14,19,24H,5,15-17H2,1-4H3,(H,33,37)/t19?,24-/m0/s1. The quantitative estimate of drug-likeness (QED) is 0.378. The molecule has 4 rings (SSSR count). The Morgan fingerprint density at radius 1 is 1.10 bits per heavy atom. The number of amides is 1. The molecular weight excluding hydrogens is 567 g/mol. The van der Waals surface area contributed by atoms with Crippen LogP contribution in [0.4, 0.5) is 0 Å². The monoisotopic (exact) mass is 598 g/mol. The Morgan fingerprint density at radius 3 is 2.37 bits per heavy atom. The third-order valence-corrected chi connectivity index (χ3v) is 7.55. The molecule has 0 radical (unpaired) electrons. The fourth-order valence-electron chi connectivity index (χ4n) is 4.96. The molecule has 41 heavy (non-hydrogen) atoms. The number of aromatic nitrogens is 2. The van der Waals surface area contributed by atoms with Crippen molar-refractivity contribution in [2.24, 2.45) is 13.0 Å². The van der Waals surface area contributed by atoms with Crippen molar-refractivity contribution in [2.75, 3.05) is 27.2 Å². The second kappa shape index (κ2) is 12.9. The number of benzene rings is 2. The Labute approximate surface area is 247 Å². The fraction of sp³-hybridized carbons (Fsp3) is 0.333. The molecule has 0 bridgehead atoms. The van der Waals surface area contributed by atoms with Crippen LogP contribution in [0.1, 0.15) is 34.1 Å². The van der Waals surface area contributed by atoms with Crippen molar-refractivity contribution >= 4 is 41.2 Å². The zero-order valence-electron chi connectivity index (χ0n) is 23.3. The molecule has 216 valence electrons. The van der Waals surface area contributed by atoms with Crippen LogP contribution in [0, 0.1) is 5.92 Å². The summed E-state index contributed by atoms with van der Waals surface area (Å²) in [6.45, 7) is 2.62. The molecule has 0 aliphatic heterocycles. The van der Waals surface area contributed by atoms with E-state index in [1.807, 2.05) is 20.2 Å². The maximum atomic E-state index is 13.4. The van der Waals surface area contributed by atoms with Gasteiger partial charge in [0.05, 0.1) is 33.5 Å². The van der Waals surface area contributed by atoms with E-state index in [9.17, 15) is 19.2 Å². The molecule has 0 saturated carbocycles. The van der Waals surface area contributed by atoms with Gasteiger partial charge >= 0.3 is 11.7 Å². The lowest BCUT2D eigenvalue weighted by atomic mass is 9.93. The average molecular weight is 600 g/mol. The van der Waals surface area contributed by atoms with Crippen LogP contribution < -0.4 is 16.6 Å². The summed E-state index contributed by atoms with van der Waals surface area (Å²) in [5.41, 5.74) is 1.52. The van der Waals surface area contributed by atoms with Crippen LogP contribution in [0.25, 0.3) is 11.8 Å². The maximum Gasteiger partial charge on any atom is 0.335 e. The lowest BCUT2D eigenvalue weighted by molar-refractivity contribution is -0.145. The van der Waals surface area contributed by atoms with Gasteiger partial charge in [0.25, 0.3) is 11.5 Å². The van der Waals surface area contributed by atoms with E-state index < -0.39 is 23.6 Å². The number of esters is 1. The molecule has 0 saturated heterocycles. The Kier molecular flexibility index (Phi) is 9.53. The SMILES string of the molecule is CCOC(=O)[C@H](Cc1ccc(-n2c(=O)c3c(n(C)c2=O)CC(CN(C)C)C=C3)cc1)NC(=O)c1c(Cl)cccc1Cl. The van der Waals surface area contributed by atoms with E-state index >= 15 is 0 Å². The number of carbonyl (C=O) groups excluding carboxylic acids is 2. The van der Waals surface area contributed by atoms with E-state index in [-0.39, 0.29) is 40.1 Å². The number of hydrogen-bond donors (Lipinski definition) is 1. The number of fused-ring (bicyclic) bond motifs is 1. The van der Waals surface area contributed by atoms with Gasteiger partial charge in [-0.25, -0.2) is 14.2 Å². The molecule has 0 spiro atoms. The van der Waals surface area contributed by atoms with E-state index in [0.29, 0.717) is 28.9 Å². The molecule has 1 N–H and O–H groups in total. The van der Waals surface area contributed by atoms with Crippen LogP contribution in [0.2, 0.25) is 10.0 Å². The van der Waals surface area contributed by atoms with Gasteiger partial charge in [-0.15, -0.1) is 0 Å². The highest BCUT2D eigenvalue weighted by atomic mass is 35.5. The van der Waals surface area contributed by atoms with Crippen LogP contribution in [0.5, 0.6) is 0 Å². The minimum Gasteiger partial charge on any atom is -0.464 e. The summed E-state index contributed by atoms with van der Waals surface area (Å²) in [7, 11) is 5.65. The first-order chi connectivity index (χ1) is 19.5. The molecule has 3 aromatic rings. The van der Waals surface area contributed by atoms with Gasteiger partial charge in [0.15, 0.2) is 0 Å². The van der Waals surface area contributed by atoms with Crippen molar-refractivity contribution in [3.63, 3.8) is 0 Å². The Balaban J connectivity index is 1.60. The molecule has 1 amide bonds. The number of nitrogens with zero attached hydrogens (tertiary/aromatic N) is 3. The van der Waals surface area contributed by atoms with E-state index in [1.54, 1.807) is 50.4 Å². The van der Waals surface area contributed by atoms with Gasteiger partial charge in [-0.05, 0) is 63.2 Å². The molecule has 2 aromatic carbocycles. The third kappa shape index (κ3) is 6.64. The summed E-state index contributed by atoms with van der Waals surface area (Å²) >= 11 is 12.3. The van der Waals surface area contributed by atoms with E-state index in [1.165, 1.54) is 16.7 Å². The third-order valence-electron chi connectivity index (χ3n) is 6.92. The molecule has 0 fully saturated rings. The predicted octanol–water partition coefficient (Wildman–Crippen LogP) is 3.49. The molecule has 2 atom stereocenters. The lowest BCUT2D eigenvalue weighted by Crippen LogP contribution is -2.43. The Morgan fingerprint density at radius 2 is 1.76 bits per heavy atom. The van der Waals surface area contributed by atoms with Crippen molar-refractivity contribution < 1.29 is 14.3 Å². The zero-order chi connectivity index (χ0) is 29.8. The van der Waals surface area contributed by atoms with Gasteiger partial charge in [0.2, 0.25) is 0 Å². The smallest absolute Gasteiger partial charge is 0.335 e. The zero-order valence-corrected chi connectivity index (χ0v) is 24.8. The number of hydrogen-bond acceptors (Lipinski definition) is 6. The lowest BCUT2D eigenvalue weighted by Gasteiger charge is -2.24. The number of nitrogens with one attached hydrogen (secondary N) is 1. The molecule has 1 aromatic heterocycles. The molecule has 1 heterocycles. The van der Waals surface area contributed by atoms with Gasteiger partial charge in [-0.3, -0.25) is 14.2 Å². The van der Waals surface area contributed by atoms with Crippen LogP contribution in [0.15, 0.2) is 58.1 Å². The van der Waals surface area contributed by atoms with Crippen LogP contribution in [0.3, 0.4) is 0 Å². The van der Waals surface area contributed by atoms with Gasteiger partial charge in [0.1, 0.15) is 6.04 Å². The highest BCUT2D eigenvalue weighted by Crippen LogP contribution is 2.24. The van der Waals surface area contributed by atoms with E-state index in [0.717, 1.165) is 11.1 Å². The molecular formula is C30H32Cl2N4O5. The number of carbonyl (C=O) groups is 2. The van der Waals surface area contributed by atoms with Crippen molar-refractivity contribution in [1.82, 2.24) is 19.4 Å². The van der Waals surface area contributed by atoms with Crippen LogP contribution in [-0.2, 0) is 29.4 Å². The van der Waals surface area contributed by atoms with Crippen molar-refractivity contribution in [2.45, 2.75) is 25.8 Å². The topological polar surface area (TPSA) is 103 Å². The van der Waals surface area contributed by atoms with Crippen LogP contribution >= 0.6 is 23.2 Å². The molecule has 1 aliphatic carbocycles. The summed E-state index contributed by atoms with van der Waals surface area (Å²) in [6, 6.07) is 10.3. The van der Waals surface area contributed by atoms with E-state index in [4.69, 9.17) is 27.9 Å². The normalized spacial score (nSPS) is 15.0. The maximum absolute atomic E-state index is 13.4. The van der Waals surface area contributed by atoms with Gasteiger partial charge < -0.3 is 15.0 Å². The average Bonchev–Trinajstić information content (AvgIpc) is 2.92. The summed E-state index contributed by atoms with van der Waals surface area (Å²) in [5, 5.41) is 2.98. The molecule has 1 unspecified atom stereocenters.